The summed E-state index contributed by atoms with van der Waals surface area (Å²) in [7, 11) is 0. The zero-order valence-corrected chi connectivity index (χ0v) is 13.7. The predicted octanol–water partition coefficient (Wildman–Crippen LogP) is 1.09. The number of rotatable bonds is 7. The second kappa shape index (κ2) is 6.61. The molecule has 3 rings (SSSR count). The Morgan fingerprint density at radius 1 is 1.59 bits per heavy atom. The largest absolute Gasteiger partial charge is 0.374 e. The number of carbonyl (C=O) groups is 1. The summed E-state index contributed by atoms with van der Waals surface area (Å²) < 4.78 is 2.54. The van der Waals surface area contributed by atoms with Gasteiger partial charge in [-0.3, -0.25) is 4.79 Å². The Morgan fingerprint density at radius 2 is 2.41 bits per heavy atom. The van der Waals surface area contributed by atoms with Gasteiger partial charge >= 0.3 is 0 Å². The molecule has 1 atom stereocenters. The summed E-state index contributed by atoms with van der Waals surface area (Å²) in [6, 6.07) is -0.0601. The van der Waals surface area contributed by atoms with E-state index in [1.807, 2.05) is 11.6 Å². The van der Waals surface area contributed by atoms with Crippen LogP contribution in [0.15, 0.2) is 10.7 Å². The third-order valence-electron chi connectivity index (χ3n) is 3.38. The van der Waals surface area contributed by atoms with Gasteiger partial charge in [-0.15, -0.1) is 10.2 Å². The van der Waals surface area contributed by atoms with Crippen molar-refractivity contribution in [2.24, 2.45) is 5.92 Å². The smallest absolute Gasteiger partial charge is 0.231 e. The van der Waals surface area contributed by atoms with Crippen molar-refractivity contribution in [2.75, 3.05) is 11.5 Å². The second-order valence-corrected chi connectivity index (χ2v) is 7.24. The molecule has 10 heteroatoms. The molecule has 1 fully saturated rings. The van der Waals surface area contributed by atoms with Crippen LogP contribution >= 0.6 is 23.1 Å². The Morgan fingerprint density at radius 3 is 3.05 bits per heavy atom. The lowest BCUT2D eigenvalue weighted by Gasteiger charge is -2.17. The van der Waals surface area contributed by atoms with Crippen molar-refractivity contribution in [3.05, 3.63) is 12.2 Å². The van der Waals surface area contributed by atoms with Gasteiger partial charge in [-0.1, -0.05) is 23.1 Å². The molecule has 22 heavy (non-hydrogen) atoms. The second-order valence-electron chi connectivity index (χ2n) is 5.01. The molecular formula is C12H17N7OS2. The van der Waals surface area contributed by atoms with Gasteiger partial charge in [-0.2, -0.15) is 5.10 Å². The van der Waals surface area contributed by atoms with Gasteiger partial charge in [0.1, 0.15) is 12.2 Å². The Bertz CT molecular complexity index is 651. The van der Waals surface area contributed by atoms with E-state index in [0.717, 1.165) is 25.2 Å². The number of nitrogen functional groups attached to an aromatic ring is 1. The summed E-state index contributed by atoms with van der Waals surface area (Å²) in [4.78, 5) is 16.5. The van der Waals surface area contributed by atoms with E-state index < -0.39 is 0 Å². The SMILES string of the molecule is CCn1ncnc1C(NC(=O)CSc1nnc(N)s1)C1CC1. The van der Waals surface area contributed by atoms with Crippen LogP contribution in [0.1, 0.15) is 31.6 Å². The third-order valence-corrected chi connectivity index (χ3v) is 5.27. The van der Waals surface area contributed by atoms with E-state index in [9.17, 15) is 4.79 Å². The van der Waals surface area contributed by atoms with Crippen molar-refractivity contribution in [3.63, 3.8) is 0 Å². The first kappa shape index (κ1) is 15.2. The fourth-order valence-corrected chi connectivity index (χ4v) is 3.65. The molecule has 0 saturated heterocycles. The van der Waals surface area contributed by atoms with Crippen molar-refractivity contribution in [1.82, 2.24) is 30.3 Å². The number of aryl methyl sites for hydroxylation is 1. The van der Waals surface area contributed by atoms with Crippen molar-refractivity contribution < 1.29 is 4.79 Å². The first-order chi connectivity index (χ1) is 10.7. The maximum atomic E-state index is 12.2. The van der Waals surface area contributed by atoms with Gasteiger partial charge in [0.05, 0.1) is 11.8 Å². The van der Waals surface area contributed by atoms with Crippen LogP contribution in [0.4, 0.5) is 5.13 Å². The van der Waals surface area contributed by atoms with Crippen LogP contribution < -0.4 is 11.1 Å². The van der Waals surface area contributed by atoms with E-state index in [2.05, 4.69) is 25.6 Å². The normalized spacial score (nSPS) is 15.7. The molecule has 1 unspecified atom stereocenters. The summed E-state index contributed by atoms with van der Waals surface area (Å²) in [5.41, 5.74) is 5.52. The standard InChI is InChI=1S/C12H17N7OS2/c1-2-19-10(14-6-15-19)9(7-3-4-7)16-8(20)5-21-12-18-17-11(13)22-12/h6-7,9H,2-5H2,1H3,(H2,13,17)(H,16,20). The molecule has 0 spiro atoms. The molecule has 0 aromatic carbocycles. The molecule has 1 amide bonds. The average molecular weight is 339 g/mol. The van der Waals surface area contributed by atoms with Crippen molar-refractivity contribution in [3.8, 4) is 0 Å². The van der Waals surface area contributed by atoms with Crippen molar-refractivity contribution >= 4 is 34.1 Å². The van der Waals surface area contributed by atoms with E-state index >= 15 is 0 Å². The minimum Gasteiger partial charge on any atom is -0.374 e. The van der Waals surface area contributed by atoms with Crippen LogP contribution in [0.3, 0.4) is 0 Å². The van der Waals surface area contributed by atoms with E-state index in [-0.39, 0.29) is 17.7 Å². The molecule has 8 nitrogen and oxygen atoms in total. The zero-order valence-electron chi connectivity index (χ0n) is 12.1. The van der Waals surface area contributed by atoms with E-state index in [4.69, 9.17) is 5.73 Å². The number of nitrogens with one attached hydrogen (secondary N) is 1. The monoisotopic (exact) mass is 339 g/mol. The van der Waals surface area contributed by atoms with E-state index in [1.165, 1.54) is 23.1 Å². The van der Waals surface area contributed by atoms with Gasteiger partial charge in [0.2, 0.25) is 11.0 Å². The highest BCUT2D eigenvalue weighted by Gasteiger charge is 2.36. The lowest BCUT2D eigenvalue weighted by molar-refractivity contribution is -0.119. The topological polar surface area (TPSA) is 112 Å². The summed E-state index contributed by atoms with van der Waals surface area (Å²) in [5.74, 6) is 1.54. The van der Waals surface area contributed by atoms with Crippen LogP contribution in [-0.4, -0.2) is 36.6 Å². The van der Waals surface area contributed by atoms with Crippen LogP contribution in [0, 0.1) is 5.92 Å². The quantitative estimate of drug-likeness (QED) is 0.726. The van der Waals surface area contributed by atoms with Gasteiger partial charge in [0.25, 0.3) is 0 Å². The minimum absolute atomic E-state index is 0.0404. The highest BCUT2D eigenvalue weighted by molar-refractivity contribution is 8.01. The molecule has 3 N–H and O–H groups in total. The summed E-state index contributed by atoms with van der Waals surface area (Å²) in [5, 5.41) is 15.3. The Kier molecular flexibility index (Phi) is 4.57. The molecule has 0 aliphatic heterocycles. The van der Waals surface area contributed by atoms with Crippen molar-refractivity contribution in [2.45, 2.75) is 36.7 Å². The number of carbonyl (C=O) groups excluding carboxylic acids is 1. The summed E-state index contributed by atoms with van der Waals surface area (Å²) in [6.07, 6.45) is 3.77. The number of nitrogens with two attached hydrogens (primary N) is 1. The van der Waals surface area contributed by atoms with Gasteiger partial charge in [0, 0.05) is 6.54 Å². The van der Waals surface area contributed by atoms with Crippen LogP contribution in [-0.2, 0) is 11.3 Å². The first-order valence-corrected chi connectivity index (χ1v) is 8.86. The Balaban J connectivity index is 1.60. The van der Waals surface area contributed by atoms with E-state index in [0.29, 0.717) is 15.4 Å². The van der Waals surface area contributed by atoms with Gasteiger partial charge < -0.3 is 11.1 Å². The Labute approximate surface area is 135 Å². The number of thioether (sulfide) groups is 1. The number of hydrogen-bond acceptors (Lipinski definition) is 8. The van der Waals surface area contributed by atoms with Gasteiger partial charge in [0.15, 0.2) is 4.34 Å². The minimum atomic E-state index is -0.0601. The highest BCUT2D eigenvalue weighted by atomic mass is 32.2. The number of amides is 1. The van der Waals surface area contributed by atoms with Gasteiger partial charge in [-0.25, -0.2) is 9.67 Å². The molecule has 2 heterocycles. The molecule has 2 aromatic rings. The fraction of sp³-hybridized carbons (Fsp3) is 0.583. The third kappa shape index (κ3) is 3.55. The van der Waals surface area contributed by atoms with Crippen LogP contribution in [0.25, 0.3) is 0 Å². The molecule has 1 aliphatic carbocycles. The number of nitrogens with zero attached hydrogens (tertiary/aromatic N) is 5. The predicted molar refractivity (Wildman–Crippen MR) is 84.3 cm³/mol. The maximum absolute atomic E-state index is 12.2. The summed E-state index contributed by atoms with van der Waals surface area (Å²) >= 11 is 2.62. The van der Waals surface area contributed by atoms with E-state index in [1.54, 1.807) is 6.33 Å². The van der Waals surface area contributed by atoms with Gasteiger partial charge in [-0.05, 0) is 25.7 Å². The zero-order chi connectivity index (χ0) is 15.5. The first-order valence-electron chi connectivity index (χ1n) is 7.06. The molecule has 1 aliphatic rings. The molecule has 118 valence electrons. The van der Waals surface area contributed by atoms with Crippen molar-refractivity contribution in [1.29, 1.82) is 0 Å². The Hall–Kier alpha value is -1.68. The lowest BCUT2D eigenvalue weighted by atomic mass is 10.1. The molecule has 0 bridgehead atoms. The molecule has 0 radical (unpaired) electrons. The number of anilines is 1. The highest BCUT2D eigenvalue weighted by Crippen LogP contribution is 2.40. The molecule has 1 saturated carbocycles. The lowest BCUT2D eigenvalue weighted by Crippen LogP contribution is -2.33. The van der Waals surface area contributed by atoms with Crippen LogP contribution in [0.2, 0.25) is 0 Å². The average Bonchev–Trinajstić information content (AvgIpc) is 3.09. The fourth-order valence-electron chi connectivity index (χ4n) is 2.20. The summed E-state index contributed by atoms with van der Waals surface area (Å²) in [6.45, 7) is 2.76. The molecular weight excluding hydrogens is 322 g/mol. The number of hydrogen-bond donors (Lipinski definition) is 2. The molecule has 2 aromatic heterocycles. The van der Waals surface area contributed by atoms with Crippen LogP contribution in [0.5, 0.6) is 0 Å². The number of aromatic nitrogens is 5. The maximum Gasteiger partial charge on any atom is 0.231 e.